The molecule has 6 nitrogen and oxygen atoms in total. The molecule has 0 aromatic heterocycles. The van der Waals surface area contributed by atoms with Gasteiger partial charge in [-0.25, -0.2) is 8.42 Å². The van der Waals surface area contributed by atoms with Crippen molar-refractivity contribution in [3.8, 4) is 0 Å². The molecule has 0 amide bonds. The first-order valence-corrected chi connectivity index (χ1v) is 8.11. The number of sulfonamides is 1. The van der Waals surface area contributed by atoms with Crippen LogP contribution in [0.4, 0.5) is 10.1 Å². The topological polar surface area (TPSA) is 80.5 Å². The Balaban J connectivity index is 2.29. The molecule has 1 aromatic rings. The normalized spacial score (nSPS) is 20.1. The molecule has 1 atom stereocenters. The van der Waals surface area contributed by atoms with E-state index in [4.69, 9.17) is 0 Å². The average Bonchev–Trinajstić information content (AvgIpc) is 2.88. The number of benzene rings is 1. The molecule has 2 rings (SSSR count). The smallest absolute Gasteiger partial charge is 0.258 e. The lowest BCUT2D eigenvalue weighted by Crippen LogP contribution is -2.29. The zero-order valence-electron chi connectivity index (χ0n) is 11.8. The maximum absolute atomic E-state index is 13.6. The van der Waals surface area contributed by atoms with Crippen LogP contribution >= 0.6 is 0 Å². The van der Waals surface area contributed by atoms with E-state index in [1.165, 1.54) is 4.31 Å². The fourth-order valence-corrected chi connectivity index (χ4v) is 3.99. The molecule has 0 N–H and O–H groups in total. The molecule has 1 heterocycles. The largest absolute Gasteiger partial charge is 0.304 e. The highest BCUT2D eigenvalue weighted by Crippen LogP contribution is 2.30. The standard InChI is InChI=1S/C13H17FN2O4S/c1-9(2)10-5-6-15(8-10)21(19,20)11-3-4-13(16(17)18)12(14)7-11/h3-4,7,9-10H,5-6,8H2,1-2H3. The van der Waals surface area contributed by atoms with Crippen molar-refractivity contribution < 1.29 is 17.7 Å². The van der Waals surface area contributed by atoms with Crippen LogP contribution in [0.25, 0.3) is 0 Å². The van der Waals surface area contributed by atoms with Gasteiger partial charge < -0.3 is 0 Å². The Hall–Kier alpha value is -1.54. The van der Waals surface area contributed by atoms with E-state index in [9.17, 15) is 22.9 Å². The predicted molar refractivity (Wildman–Crippen MR) is 74.8 cm³/mol. The number of nitrogens with zero attached hydrogens (tertiary/aromatic N) is 2. The number of nitro benzene ring substituents is 1. The minimum absolute atomic E-state index is 0.241. The molecular formula is C13H17FN2O4S. The van der Waals surface area contributed by atoms with Gasteiger partial charge in [-0.1, -0.05) is 13.8 Å². The third-order valence-electron chi connectivity index (χ3n) is 3.88. The van der Waals surface area contributed by atoms with Crippen LogP contribution in [0.5, 0.6) is 0 Å². The Bertz CT molecular complexity index is 660. The maximum atomic E-state index is 13.6. The number of hydrogen-bond acceptors (Lipinski definition) is 4. The van der Waals surface area contributed by atoms with Crippen molar-refractivity contribution >= 4 is 15.7 Å². The molecule has 0 aliphatic carbocycles. The van der Waals surface area contributed by atoms with Gasteiger partial charge in [0.25, 0.3) is 0 Å². The fourth-order valence-electron chi connectivity index (χ4n) is 2.46. The fraction of sp³-hybridized carbons (Fsp3) is 0.538. The summed E-state index contributed by atoms with van der Waals surface area (Å²) in [5, 5.41) is 10.6. The third kappa shape index (κ3) is 3.06. The molecule has 1 aliphatic heterocycles. The number of nitro groups is 1. The minimum Gasteiger partial charge on any atom is -0.258 e. The molecule has 8 heteroatoms. The van der Waals surface area contributed by atoms with Crippen LogP contribution in [0, 0.1) is 27.8 Å². The molecule has 0 bridgehead atoms. The van der Waals surface area contributed by atoms with E-state index in [0.717, 1.165) is 24.6 Å². The monoisotopic (exact) mass is 316 g/mol. The highest BCUT2D eigenvalue weighted by Gasteiger charge is 2.34. The van der Waals surface area contributed by atoms with Crippen molar-refractivity contribution in [2.75, 3.05) is 13.1 Å². The van der Waals surface area contributed by atoms with E-state index >= 15 is 0 Å². The summed E-state index contributed by atoms with van der Waals surface area (Å²) in [6.45, 7) is 4.86. The van der Waals surface area contributed by atoms with Gasteiger partial charge in [0.05, 0.1) is 9.82 Å². The molecule has 1 aromatic carbocycles. The zero-order valence-corrected chi connectivity index (χ0v) is 12.6. The molecule has 0 saturated carbocycles. The van der Waals surface area contributed by atoms with Crippen LogP contribution in [-0.2, 0) is 10.0 Å². The predicted octanol–water partition coefficient (Wildman–Crippen LogP) is 2.40. The first-order valence-electron chi connectivity index (χ1n) is 6.67. The minimum atomic E-state index is -3.80. The molecule has 1 unspecified atom stereocenters. The summed E-state index contributed by atoms with van der Waals surface area (Å²) < 4.78 is 39.8. The molecule has 0 radical (unpaired) electrons. The van der Waals surface area contributed by atoms with E-state index in [1.807, 2.05) is 13.8 Å². The summed E-state index contributed by atoms with van der Waals surface area (Å²) in [4.78, 5) is 9.44. The van der Waals surface area contributed by atoms with E-state index in [2.05, 4.69) is 0 Å². The lowest BCUT2D eigenvalue weighted by Gasteiger charge is -2.18. The van der Waals surface area contributed by atoms with Crippen LogP contribution in [-0.4, -0.2) is 30.7 Å². The SMILES string of the molecule is CC(C)C1CCN(S(=O)(=O)c2ccc([N+](=O)[O-])c(F)c2)C1. The Morgan fingerprint density at radius 3 is 2.57 bits per heavy atom. The maximum Gasteiger partial charge on any atom is 0.304 e. The molecular weight excluding hydrogens is 299 g/mol. The van der Waals surface area contributed by atoms with Crippen molar-refractivity contribution in [1.82, 2.24) is 4.31 Å². The van der Waals surface area contributed by atoms with Crippen LogP contribution in [0.1, 0.15) is 20.3 Å². The lowest BCUT2D eigenvalue weighted by molar-refractivity contribution is -0.387. The highest BCUT2D eigenvalue weighted by atomic mass is 32.2. The van der Waals surface area contributed by atoms with E-state index in [1.54, 1.807) is 0 Å². The van der Waals surface area contributed by atoms with Crippen LogP contribution in [0.2, 0.25) is 0 Å². The van der Waals surface area contributed by atoms with Gasteiger partial charge in [0.1, 0.15) is 0 Å². The lowest BCUT2D eigenvalue weighted by atomic mass is 9.96. The quantitative estimate of drug-likeness (QED) is 0.631. The van der Waals surface area contributed by atoms with Gasteiger partial charge in [-0.3, -0.25) is 10.1 Å². The van der Waals surface area contributed by atoms with Gasteiger partial charge in [0.2, 0.25) is 15.8 Å². The van der Waals surface area contributed by atoms with Crippen molar-refractivity contribution in [1.29, 1.82) is 0 Å². The van der Waals surface area contributed by atoms with Crippen molar-refractivity contribution in [3.63, 3.8) is 0 Å². The Morgan fingerprint density at radius 1 is 1.43 bits per heavy atom. The summed E-state index contributed by atoms with van der Waals surface area (Å²) >= 11 is 0. The van der Waals surface area contributed by atoms with Crippen molar-refractivity contribution in [2.45, 2.75) is 25.2 Å². The molecule has 1 saturated heterocycles. The summed E-state index contributed by atoms with van der Waals surface area (Å²) in [6, 6.07) is 2.69. The number of rotatable bonds is 4. The average molecular weight is 316 g/mol. The second kappa shape index (κ2) is 5.69. The summed E-state index contributed by atoms with van der Waals surface area (Å²) in [7, 11) is -3.80. The summed E-state index contributed by atoms with van der Waals surface area (Å²) in [5.74, 6) is -0.484. The molecule has 116 valence electrons. The van der Waals surface area contributed by atoms with Gasteiger partial charge in [-0.15, -0.1) is 0 Å². The van der Waals surface area contributed by atoms with Crippen LogP contribution in [0.15, 0.2) is 23.1 Å². The van der Waals surface area contributed by atoms with Gasteiger partial charge in [-0.05, 0) is 24.3 Å². The first kappa shape index (κ1) is 15.8. The van der Waals surface area contributed by atoms with E-state index in [0.29, 0.717) is 19.0 Å². The molecule has 0 spiro atoms. The van der Waals surface area contributed by atoms with Gasteiger partial charge >= 0.3 is 5.69 Å². The van der Waals surface area contributed by atoms with Gasteiger partial charge in [0.15, 0.2) is 0 Å². The van der Waals surface area contributed by atoms with E-state index in [-0.39, 0.29) is 10.8 Å². The Morgan fingerprint density at radius 2 is 2.10 bits per heavy atom. The van der Waals surface area contributed by atoms with Gasteiger partial charge in [-0.2, -0.15) is 8.70 Å². The van der Waals surface area contributed by atoms with Crippen molar-refractivity contribution in [2.24, 2.45) is 11.8 Å². The number of halogens is 1. The Kier molecular flexibility index (Phi) is 4.29. The molecule has 1 fully saturated rings. The summed E-state index contributed by atoms with van der Waals surface area (Å²) in [5.41, 5.74) is -0.726. The van der Waals surface area contributed by atoms with Crippen molar-refractivity contribution in [3.05, 3.63) is 34.1 Å². The second-order valence-electron chi connectivity index (χ2n) is 5.53. The zero-order chi connectivity index (χ0) is 15.8. The second-order valence-corrected chi connectivity index (χ2v) is 7.46. The first-order chi connectivity index (χ1) is 9.73. The number of hydrogen-bond donors (Lipinski definition) is 0. The molecule has 21 heavy (non-hydrogen) atoms. The van der Waals surface area contributed by atoms with Crippen LogP contribution < -0.4 is 0 Å². The van der Waals surface area contributed by atoms with Crippen LogP contribution in [0.3, 0.4) is 0 Å². The van der Waals surface area contributed by atoms with E-state index < -0.39 is 26.5 Å². The Labute approximate surface area is 122 Å². The highest BCUT2D eigenvalue weighted by molar-refractivity contribution is 7.89. The molecule has 1 aliphatic rings. The van der Waals surface area contributed by atoms with Gasteiger partial charge in [0, 0.05) is 25.2 Å². The summed E-state index contributed by atoms with van der Waals surface area (Å²) in [6.07, 6.45) is 0.770. The third-order valence-corrected chi connectivity index (χ3v) is 5.74.